The smallest absolute Gasteiger partial charge is 0.269 e. The van der Waals surface area contributed by atoms with E-state index in [-0.39, 0.29) is 18.4 Å². The van der Waals surface area contributed by atoms with Crippen molar-refractivity contribution in [3.63, 3.8) is 0 Å². The zero-order valence-electron chi connectivity index (χ0n) is 17.2. The summed E-state index contributed by atoms with van der Waals surface area (Å²) in [6.07, 6.45) is 0. The molecule has 152 valence electrons. The van der Waals surface area contributed by atoms with Crippen molar-refractivity contribution in [3.05, 3.63) is 64.7 Å². The van der Waals surface area contributed by atoms with Crippen LogP contribution < -0.4 is 10.6 Å². The number of hydrogen-bond donors (Lipinski definition) is 2. The minimum Gasteiger partial charge on any atom is -0.342 e. The zero-order chi connectivity index (χ0) is 21.0. The molecule has 0 aliphatic rings. The molecule has 29 heavy (non-hydrogen) atoms. The molecular weight excluding hydrogens is 368 g/mol. The highest BCUT2D eigenvalue weighted by Gasteiger charge is 2.14. The zero-order valence-corrected chi connectivity index (χ0v) is 17.2. The Kier molecular flexibility index (Phi) is 6.11. The first-order valence-electron chi connectivity index (χ1n) is 9.58. The van der Waals surface area contributed by atoms with Crippen molar-refractivity contribution in [1.82, 2.24) is 24.9 Å². The predicted molar refractivity (Wildman–Crippen MR) is 111 cm³/mol. The molecule has 2 N–H and O–H groups in total. The van der Waals surface area contributed by atoms with Gasteiger partial charge in [0.1, 0.15) is 5.69 Å². The Morgan fingerprint density at radius 1 is 1.00 bits per heavy atom. The maximum absolute atomic E-state index is 12.3. The molecule has 8 nitrogen and oxygen atoms in total. The molecule has 3 aromatic rings. The molecule has 2 aromatic heterocycles. The van der Waals surface area contributed by atoms with Gasteiger partial charge in [-0.05, 0) is 57.5 Å². The topological polar surface area (TPSA) is 93.8 Å². The monoisotopic (exact) mass is 394 g/mol. The number of carbonyl (C=O) groups is 2. The first-order valence-corrected chi connectivity index (χ1v) is 9.58. The van der Waals surface area contributed by atoms with E-state index in [0.717, 1.165) is 22.6 Å². The molecule has 0 saturated carbocycles. The molecule has 0 bridgehead atoms. The van der Waals surface area contributed by atoms with Gasteiger partial charge in [0.2, 0.25) is 5.91 Å². The highest BCUT2D eigenvalue weighted by molar-refractivity contribution is 5.98. The van der Waals surface area contributed by atoms with E-state index in [1.165, 1.54) is 0 Å². The summed E-state index contributed by atoms with van der Waals surface area (Å²) >= 11 is 0. The van der Waals surface area contributed by atoms with Crippen LogP contribution in [0.1, 0.15) is 40.1 Å². The summed E-state index contributed by atoms with van der Waals surface area (Å²) in [7, 11) is 0. The van der Waals surface area contributed by atoms with Crippen molar-refractivity contribution in [3.8, 4) is 0 Å². The quantitative estimate of drug-likeness (QED) is 0.644. The number of nitrogens with zero attached hydrogens (tertiary/aromatic N) is 4. The molecule has 0 atom stereocenters. The third-order valence-electron chi connectivity index (χ3n) is 4.49. The van der Waals surface area contributed by atoms with Crippen LogP contribution in [0.2, 0.25) is 0 Å². The van der Waals surface area contributed by atoms with Crippen molar-refractivity contribution in [2.45, 2.75) is 40.8 Å². The molecule has 0 spiro atoms. The fourth-order valence-corrected chi connectivity index (χ4v) is 3.18. The van der Waals surface area contributed by atoms with E-state index in [2.05, 4.69) is 20.8 Å². The summed E-state index contributed by atoms with van der Waals surface area (Å²) in [5, 5.41) is 14.2. The van der Waals surface area contributed by atoms with Gasteiger partial charge in [0.05, 0.1) is 24.5 Å². The van der Waals surface area contributed by atoms with Crippen LogP contribution >= 0.6 is 0 Å². The lowest BCUT2D eigenvalue weighted by molar-refractivity contribution is -0.115. The van der Waals surface area contributed by atoms with Gasteiger partial charge in [-0.3, -0.25) is 19.0 Å². The Balaban J connectivity index is 1.58. The van der Waals surface area contributed by atoms with E-state index >= 15 is 0 Å². The average molecular weight is 394 g/mol. The van der Waals surface area contributed by atoms with Crippen LogP contribution in [0, 0.1) is 20.8 Å². The average Bonchev–Trinajstić information content (AvgIpc) is 3.21. The summed E-state index contributed by atoms with van der Waals surface area (Å²) < 4.78 is 3.54. The number of benzene rings is 1. The Labute approximate surface area is 169 Å². The number of aryl methyl sites for hydroxylation is 4. The highest BCUT2D eigenvalue weighted by atomic mass is 16.2. The molecule has 0 radical (unpaired) electrons. The lowest BCUT2D eigenvalue weighted by atomic mass is 10.2. The van der Waals surface area contributed by atoms with Crippen molar-refractivity contribution in [2.24, 2.45) is 0 Å². The van der Waals surface area contributed by atoms with Crippen molar-refractivity contribution in [2.75, 3.05) is 11.9 Å². The molecule has 8 heteroatoms. The summed E-state index contributed by atoms with van der Waals surface area (Å²) in [5.74, 6) is -0.609. The Morgan fingerprint density at radius 2 is 1.72 bits per heavy atom. The summed E-state index contributed by atoms with van der Waals surface area (Å²) in [5.41, 5.74) is 4.98. The van der Waals surface area contributed by atoms with Gasteiger partial charge < -0.3 is 10.6 Å². The van der Waals surface area contributed by atoms with Gasteiger partial charge in [0.25, 0.3) is 5.91 Å². The van der Waals surface area contributed by atoms with Crippen molar-refractivity contribution >= 4 is 17.5 Å². The van der Waals surface area contributed by atoms with Crippen LogP contribution in [0.3, 0.4) is 0 Å². The van der Waals surface area contributed by atoms with Gasteiger partial charge in [-0.2, -0.15) is 10.2 Å². The lowest BCUT2D eigenvalue weighted by Crippen LogP contribution is -2.34. The number of carbonyl (C=O) groups excluding carboxylic acids is 2. The van der Waals surface area contributed by atoms with Gasteiger partial charge in [-0.25, -0.2) is 0 Å². The molecule has 0 aliphatic heterocycles. The third-order valence-corrected chi connectivity index (χ3v) is 4.49. The Morgan fingerprint density at radius 3 is 2.41 bits per heavy atom. The van der Waals surface area contributed by atoms with E-state index in [1.54, 1.807) is 10.7 Å². The molecule has 0 unspecified atom stereocenters. The second kappa shape index (κ2) is 8.72. The number of aromatic nitrogens is 4. The largest absolute Gasteiger partial charge is 0.342 e. The van der Waals surface area contributed by atoms with E-state index in [0.29, 0.717) is 24.5 Å². The number of amides is 2. The molecule has 2 heterocycles. The standard InChI is InChI=1S/C21H26N6O2/c1-5-26-19(10-15(3)24-26)21(29)22-12-20(28)23-18-8-6-7-17(11-18)13-27-16(4)9-14(2)25-27/h6-11H,5,12-13H2,1-4H3,(H,22,29)(H,23,28). The van der Waals surface area contributed by atoms with E-state index in [4.69, 9.17) is 0 Å². The third kappa shape index (κ3) is 5.10. The highest BCUT2D eigenvalue weighted by Crippen LogP contribution is 2.13. The van der Waals surface area contributed by atoms with E-state index in [9.17, 15) is 9.59 Å². The van der Waals surface area contributed by atoms with Gasteiger partial charge >= 0.3 is 0 Å². The molecule has 2 amide bonds. The number of rotatable bonds is 7. The molecule has 0 fully saturated rings. The number of anilines is 1. The minimum absolute atomic E-state index is 0.117. The number of nitrogens with one attached hydrogen (secondary N) is 2. The van der Waals surface area contributed by atoms with Gasteiger partial charge in [0, 0.05) is 17.9 Å². The summed E-state index contributed by atoms with van der Waals surface area (Å²) in [4.78, 5) is 24.6. The lowest BCUT2D eigenvalue weighted by Gasteiger charge is -2.10. The van der Waals surface area contributed by atoms with Crippen LogP contribution in [-0.2, 0) is 17.9 Å². The van der Waals surface area contributed by atoms with Crippen LogP contribution in [0.4, 0.5) is 5.69 Å². The van der Waals surface area contributed by atoms with Crippen molar-refractivity contribution < 1.29 is 9.59 Å². The maximum atomic E-state index is 12.3. The first-order chi connectivity index (χ1) is 13.9. The molecule has 1 aromatic carbocycles. The first kappa shape index (κ1) is 20.3. The van der Waals surface area contributed by atoms with Crippen LogP contribution in [0.5, 0.6) is 0 Å². The fourth-order valence-electron chi connectivity index (χ4n) is 3.18. The number of hydrogen-bond acceptors (Lipinski definition) is 4. The van der Waals surface area contributed by atoms with Gasteiger partial charge in [-0.1, -0.05) is 12.1 Å². The second-order valence-electron chi connectivity index (χ2n) is 7.00. The Hall–Kier alpha value is -3.42. The van der Waals surface area contributed by atoms with Gasteiger partial charge in [0.15, 0.2) is 0 Å². The van der Waals surface area contributed by atoms with Crippen LogP contribution in [-0.4, -0.2) is 37.9 Å². The molecule has 3 rings (SSSR count). The molecule has 0 saturated heterocycles. The SMILES string of the molecule is CCn1nc(C)cc1C(=O)NCC(=O)Nc1cccc(Cn2nc(C)cc2C)c1. The normalized spacial score (nSPS) is 10.8. The maximum Gasteiger partial charge on any atom is 0.269 e. The molecule has 0 aliphatic carbocycles. The van der Waals surface area contributed by atoms with Crippen molar-refractivity contribution in [1.29, 1.82) is 0 Å². The second-order valence-corrected chi connectivity index (χ2v) is 7.00. The summed E-state index contributed by atoms with van der Waals surface area (Å²) in [6.45, 7) is 8.81. The van der Waals surface area contributed by atoms with Crippen LogP contribution in [0.15, 0.2) is 36.4 Å². The molecular formula is C21H26N6O2. The minimum atomic E-state index is -0.319. The predicted octanol–water partition coefficient (Wildman–Crippen LogP) is 2.44. The van der Waals surface area contributed by atoms with Crippen LogP contribution in [0.25, 0.3) is 0 Å². The van der Waals surface area contributed by atoms with E-state index in [1.807, 2.05) is 62.7 Å². The fraction of sp³-hybridized carbons (Fsp3) is 0.333. The summed E-state index contributed by atoms with van der Waals surface area (Å²) in [6, 6.07) is 11.3. The van der Waals surface area contributed by atoms with E-state index < -0.39 is 0 Å². The van der Waals surface area contributed by atoms with Gasteiger partial charge in [-0.15, -0.1) is 0 Å². The Bertz CT molecular complexity index is 1030.